The fourth-order valence-electron chi connectivity index (χ4n) is 3.67. The number of fused-ring (bicyclic) bond motifs is 1. The maximum atomic E-state index is 12.8. The molecule has 2 aromatic carbocycles. The van der Waals surface area contributed by atoms with Crippen LogP contribution in [-0.2, 0) is 21.2 Å². The van der Waals surface area contributed by atoms with Gasteiger partial charge in [-0.05, 0) is 55.7 Å². The summed E-state index contributed by atoms with van der Waals surface area (Å²) in [6, 6.07) is 14.9. The minimum Gasteiger partial charge on any atom is -0.497 e. The summed E-state index contributed by atoms with van der Waals surface area (Å²) in [5, 5.41) is 0. The van der Waals surface area contributed by atoms with E-state index in [-0.39, 0.29) is 18.5 Å². The Kier molecular flexibility index (Phi) is 5.93. The van der Waals surface area contributed by atoms with Gasteiger partial charge in [-0.2, -0.15) is 0 Å². The fourth-order valence-corrected chi connectivity index (χ4v) is 4.64. The number of hydrogen-bond acceptors (Lipinski definition) is 4. The van der Waals surface area contributed by atoms with E-state index in [1.165, 1.54) is 16.1 Å². The molecule has 6 nitrogen and oxygen atoms in total. The molecule has 3 rings (SSSR count). The summed E-state index contributed by atoms with van der Waals surface area (Å²) in [5.74, 6) is 0.690. The van der Waals surface area contributed by atoms with E-state index in [0.29, 0.717) is 24.3 Å². The zero-order valence-corrected chi connectivity index (χ0v) is 17.3. The van der Waals surface area contributed by atoms with Crippen LogP contribution in [0.25, 0.3) is 0 Å². The molecule has 28 heavy (non-hydrogen) atoms. The van der Waals surface area contributed by atoms with Gasteiger partial charge < -0.3 is 9.64 Å². The van der Waals surface area contributed by atoms with E-state index < -0.39 is 10.0 Å². The van der Waals surface area contributed by atoms with Crippen LogP contribution in [0.2, 0.25) is 0 Å². The molecule has 1 aliphatic heterocycles. The summed E-state index contributed by atoms with van der Waals surface area (Å²) >= 11 is 0. The largest absolute Gasteiger partial charge is 0.497 e. The molecule has 0 aliphatic carbocycles. The molecule has 1 heterocycles. The molecule has 150 valence electrons. The molecule has 1 amide bonds. The minimum absolute atomic E-state index is 0.0284. The Labute approximate surface area is 166 Å². The zero-order chi connectivity index (χ0) is 20.3. The molecule has 1 atom stereocenters. The highest BCUT2D eigenvalue weighted by Gasteiger charge is 2.30. The Bertz CT molecular complexity index is 941. The summed E-state index contributed by atoms with van der Waals surface area (Å²) in [4.78, 5) is 14.7. The van der Waals surface area contributed by atoms with E-state index >= 15 is 0 Å². The maximum Gasteiger partial charge on any atom is 0.232 e. The Balaban J connectivity index is 1.67. The van der Waals surface area contributed by atoms with Crippen molar-refractivity contribution >= 4 is 27.3 Å². The second kappa shape index (κ2) is 8.22. The van der Waals surface area contributed by atoms with Gasteiger partial charge >= 0.3 is 0 Å². The number of rotatable bonds is 7. The highest BCUT2D eigenvalue weighted by atomic mass is 32.2. The lowest BCUT2D eigenvalue weighted by Crippen LogP contribution is -2.36. The van der Waals surface area contributed by atoms with E-state index in [0.717, 1.165) is 12.1 Å². The first kappa shape index (κ1) is 20.2. The van der Waals surface area contributed by atoms with Crippen molar-refractivity contribution in [2.75, 3.05) is 29.1 Å². The van der Waals surface area contributed by atoms with Gasteiger partial charge in [0.25, 0.3) is 0 Å². The molecule has 0 spiro atoms. The molecule has 0 aromatic heterocycles. The zero-order valence-electron chi connectivity index (χ0n) is 16.5. The number of nitrogens with zero attached hydrogens (tertiary/aromatic N) is 2. The van der Waals surface area contributed by atoms with Crippen molar-refractivity contribution in [3.8, 4) is 5.75 Å². The van der Waals surface area contributed by atoms with Gasteiger partial charge in [0.05, 0.1) is 19.1 Å². The number of ether oxygens (including phenoxy) is 1. The normalized spacial score (nSPS) is 16.0. The lowest BCUT2D eigenvalue weighted by Gasteiger charge is -2.25. The number of hydrogen-bond donors (Lipinski definition) is 0. The predicted octanol–water partition coefficient (Wildman–Crippen LogP) is 3.22. The van der Waals surface area contributed by atoms with Crippen molar-refractivity contribution in [2.45, 2.75) is 32.2 Å². The number of anilines is 2. The number of benzene rings is 2. The van der Waals surface area contributed by atoms with Crippen LogP contribution in [0.4, 0.5) is 11.4 Å². The summed E-state index contributed by atoms with van der Waals surface area (Å²) in [6.45, 7) is 2.29. The van der Waals surface area contributed by atoms with Gasteiger partial charge in [0.2, 0.25) is 15.9 Å². The van der Waals surface area contributed by atoms with Gasteiger partial charge in [-0.15, -0.1) is 0 Å². The SMILES string of the molecule is COc1ccc(N(CCCC(=O)N2c3ccccc3C[C@@H]2C)S(C)(=O)=O)cc1. The summed E-state index contributed by atoms with van der Waals surface area (Å²) in [6.07, 6.45) is 2.77. The molecular formula is C21H26N2O4S. The second-order valence-corrected chi connectivity index (χ2v) is 8.99. The third-order valence-electron chi connectivity index (χ3n) is 4.99. The minimum atomic E-state index is -3.45. The van der Waals surface area contributed by atoms with Crippen LogP contribution >= 0.6 is 0 Å². The molecule has 0 bridgehead atoms. The van der Waals surface area contributed by atoms with E-state index in [1.54, 1.807) is 31.4 Å². The van der Waals surface area contributed by atoms with Gasteiger partial charge in [-0.3, -0.25) is 9.10 Å². The van der Waals surface area contributed by atoms with Gasteiger partial charge in [0, 0.05) is 24.7 Å². The first-order valence-electron chi connectivity index (χ1n) is 9.33. The van der Waals surface area contributed by atoms with Crippen LogP contribution in [0, 0.1) is 0 Å². The monoisotopic (exact) mass is 402 g/mol. The second-order valence-electron chi connectivity index (χ2n) is 7.08. The average molecular weight is 403 g/mol. The molecule has 1 aliphatic rings. The predicted molar refractivity (Wildman–Crippen MR) is 112 cm³/mol. The lowest BCUT2D eigenvalue weighted by atomic mass is 10.1. The Morgan fingerprint density at radius 3 is 2.50 bits per heavy atom. The Morgan fingerprint density at radius 2 is 1.86 bits per heavy atom. The van der Waals surface area contributed by atoms with Gasteiger partial charge in [-0.25, -0.2) is 8.42 Å². The molecule has 0 unspecified atom stereocenters. The van der Waals surface area contributed by atoms with Crippen molar-refractivity contribution < 1.29 is 17.9 Å². The van der Waals surface area contributed by atoms with E-state index in [4.69, 9.17) is 4.74 Å². The highest BCUT2D eigenvalue weighted by Crippen LogP contribution is 2.32. The number of carbonyl (C=O) groups excluding carboxylic acids is 1. The van der Waals surface area contributed by atoms with Crippen molar-refractivity contribution in [1.82, 2.24) is 0 Å². The third-order valence-corrected chi connectivity index (χ3v) is 6.18. The summed E-state index contributed by atoms with van der Waals surface area (Å²) in [5.41, 5.74) is 2.71. The van der Waals surface area contributed by atoms with Crippen LogP contribution in [0.5, 0.6) is 5.75 Å². The molecule has 2 aromatic rings. The number of methoxy groups -OCH3 is 1. The van der Waals surface area contributed by atoms with Crippen LogP contribution in [0.1, 0.15) is 25.3 Å². The average Bonchev–Trinajstić information content (AvgIpc) is 3.00. The van der Waals surface area contributed by atoms with Crippen LogP contribution in [0.15, 0.2) is 48.5 Å². The topological polar surface area (TPSA) is 66.9 Å². The molecule has 0 saturated heterocycles. The third kappa shape index (κ3) is 4.30. The molecule has 0 saturated carbocycles. The number of carbonyl (C=O) groups is 1. The number of sulfonamides is 1. The van der Waals surface area contributed by atoms with Crippen LogP contribution < -0.4 is 13.9 Å². The summed E-state index contributed by atoms with van der Waals surface area (Å²) in [7, 11) is -1.88. The van der Waals surface area contributed by atoms with Crippen LogP contribution in [0.3, 0.4) is 0 Å². The molecule has 7 heteroatoms. The van der Waals surface area contributed by atoms with Crippen molar-refractivity contribution in [1.29, 1.82) is 0 Å². The molecular weight excluding hydrogens is 376 g/mol. The van der Waals surface area contributed by atoms with Gasteiger partial charge in [0.1, 0.15) is 5.75 Å². The summed E-state index contributed by atoms with van der Waals surface area (Å²) < 4.78 is 30.9. The molecule has 0 N–H and O–H groups in total. The maximum absolute atomic E-state index is 12.8. The van der Waals surface area contributed by atoms with Crippen LogP contribution in [-0.4, -0.2) is 40.3 Å². The molecule has 0 fully saturated rings. The quantitative estimate of drug-likeness (QED) is 0.713. The first-order valence-corrected chi connectivity index (χ1v) is 11.2. The number of para-hydroxylation sites is 1. The first-order chi connectivity index (χ1) is 13.3. The van der Waals surface area contributed by atoms with Crippen molar-refractivity contribution in [3.05, 3.63) is 54.1 Å². The van der Waals surface area contributed by atoms with E-state index in [9.17, 15) is 13.2 Å². The lowest BCUT2D eigenvalue weighted by molar-refractivity contribution is -0.118. The molecule has 0 radical (unpaired) electrons. The number of amides is 1. The van der Waals surface area contributed by atoms with Gasteiger partial charge in [0.15, 0.2) is 0 Å². The smallest absolute Gasteiger partial charge is 0.232 e. The van der Waals surface area contributed by atoms with Crippen molar-refractivity contribution in [2.24, 2.45) is 0 Å². The van der Waals surface area contributed by atoms with Crippen molar-refractivity contribution in [3.63, 3.8) is 0 Å². The van der Waals surface area contributed by atoms with E-state index in [1.807, 2.05) is 36.1 Å². The highest BCUT2D eigenvalue weighted by molar-refractivity contribution is 7.92. The fraction of sp³-hybridized carbons (Fsp3) is 0.381. The Hall–Kier alpha value is -2.54. The Morgan fingerprint density at radius 1 is 1.18 bits per heavy atom. The van der Waals surface area contributed by atoms with E-state index in [2.05, 4.69) is 0 Å². The standard InChI is InChI=1S/C21H26N2O4S/c1-16-15-17-7-4-5-8-20(17)23(16)21(24)9-6-14-22(28(3,25)26)18-10-12-19(27-2)13-11-18/h4-5,7-8,10-13,16H,6,9,14-15H2,1-3H3/t16-/m0/s1. The van der Waals surface area contributed by atoms with Gasteiger partial charge in [-0.1, -0.05) is 18.2 Å².